The lowest BCUT2D eigenvalue weighted by Gasteiger charge is -2.33. The highest BCUT2D eigenvalue weighted by Gasteiger charge is 2.24. The molecule has 2 heterocycles. The quantitative estimate of drug-likeness (QED) is 0.499. The van der Waals surface area contributed by atoms with Gasteiger partial charge < -0.3 is 20.9 Å². The molecule has 0 aliphatic carbocycles. The number of hydrogen-bond donors (Lipinski definition) is 3. The molecule has 2 bridgehead atoms. The third-order valence-corrected chi connectivity index (χ3v) is 3.27. The Labute approximate surface area is 105 Å². The van der Waals surface area contributed by atoms with E-state index in [2.05, 4.69) is 16.0 Å². The number of fused-ring (bicyclic) bond motifs is 2. The SMILES string of the molecule is O=C1CNC(=O)NCC2CCCN(C2)C(=O)CN1. The first-order valence-electron chi connectivity index (χ1n) is 6.21. The number of nitrogens with one attached hydrogen (secondary N) is 3. The molecule has 100 valence electrons. The Morgan fingerprint density at radius 3 is 2.72 bits per heavy atom. The van der Waals surface area contributed by atoms with Gasteiger partial charge in [0.25, 0.3) is 0 Å². The third-order valence-electron chi connectivity index (χ3n) is 3.27. The summed E-state index contributed by atoms with van der Waals surface area (Å²) in [7, 11) is 0. The van der Waals surface area contributed by atoms with E-state index in [0.29, 0.717) is 19.0 Å². The van der Waals surface area contributed by atoms with Gasteiger partial charge in [-0.2, -0.15) is 0 Å². The zero-order valence-electron chi connectivity index (χ0n) is 10.2. The van der Waals surface area contributed by atoms with Crippen LogP contribution in [0, 0.1) is 5.92 Å². The minimum atomic E-state index is -0.354. The van der Waals surface area contributed by atoms with Crippen LogP contribution < -0.4 is 16.0 Å². The Morgan fingerprint density at radius 1 is 1.06 bits per heavy atom. The molecule has 3 N–H and O–H groups in total. The van der Waals surface area contributed by atoms with E-state index in [4.69, 9.17) is 0 Å². The molecule has 0 spiro atoms. The van der Waals surface area contributed by atoms with Gasteiger partial charge >= 0.3 is 6.03 Å². The standard InChI is InChI=1S/C11H18N4O3/c16-9-5-14-11(18)13-4-8-2-1-3-15(7-8)10(17)6-12-9/h8H,1-7H2,(H,12,16)(H2,13,14,18). The number of carbonyl (C=O) groups is 3. The van der Waals surface area contributed by atoms with Gasteiger partial charge in [0.15, 0.2) is 0 Å². The van der Waals surface area contributed by atoms with Gasteiger partial charge in [-0.3, -0.25) is 9.59 Å². The molecule has 1 unspecified atom stereocenters. The molecular formula is C11H18N4O3. The number of amides is 4. The average Bonchev–Trinajstić information content (AvgIpc) is 2.39. The smallest absolute Gasteiger partial charge is 0.315 e. The predicted octanol–water partition coefficient (Wildman–Crippen LogP) is -1.35. The largest absolute Gasteiger partial charge is 0.345 e. The monoisotopic (exact) mass is 254 g/mol. The van der Waals surface area contributed by atoms with E-state index in [1.807, 2.05) is 0 Å². The summed E-state index contributed by atoms with van der Waals surface area (Å²) in [5.74, 6) is -0.115. The van der Waals surface area contributed by atoms with Crippen molar-refractivity contribution in [2.45, 2.75) is 12.8 Å². The Morgan fingerprint density at radius 2 is 1.89 bits per heavy atom. The molecule has 2 saturated heterocycles. The van der Waals surface area contributed by atoms with Crippen molar-refractivity contribution in [2.75, 3.05) is 32.7 Å². The lowest BCUT2D eigenvalue weighted by atomic mass is 9.98. The molecule has 4 amide bonds. The molecule has 0 aromatic carbocycles. The van der Waals surface area contributed by atoms with Gasteiger partial charge in [-0.05, 0) is 18.8 Å². The molecule has 7 nitrogen and oxygen atoms in total. The van der Waals surface area contributed by atoms with E-state index < -0.39 is 0 Å². The highest BCUT2D eigenvalue weighted by atomic mass is 16.2. The van der Waals surface area contributed by atoms with Crippen molar-refractivity contribution >= 4 is 17.8 Å². The summed E-state index contributed by atoms with van der Waals surface area (Å²) in [4.78, 5) is 36.3. The summed E-state index contributed by atoms with van der Waals surface area (Å²) in [5, 5.41) is 7.68. The Balaban J connectivity index is 2.00. The van der Waals surface area contributed by atoms with Crippen molar-refractivity contribution in [2.24, 2.45) is 5.92 Å². The number of hydrogen-bond acceptors (Lipinski definition) is 3. The lowest BCUT2D eigenvalue weighted by molar-refractivity contribution is -0.134. The van der Waals surface area contributed by atoms with E-state index in [1.165, 1.54) is 0 Å². The summed E-state index contributed by atoms with van der Waals surface area (Å²) in [6.45, 7) is 1.82. The van der Waals surface area contributed by atoms with E-state index in [0.717, 1.165) is 19.4 Å². The maximum atomic E-state index is 11.9. The van der Waals surface area contributed by atoms with E-state index in [-0.39, 0.29) is 30.9 Å². The summed E-state index contributed by atoms with van der Waals surface area (Å²) in [5.41, 5.74) is 0. The van der Waals surface area contributed by atoms with E-state index in [9.17, 15) is 14.4 Å². The van der Waals surface area contributed by atoms with Crippen molar-refractivity contribution in [3.05, 3.63) is 0 Å². The zero-order valence-corrected chi connectivity index (χ0v) is 10.2. The maximum absolute atomic E-state index is 11.9. The minimum Gasteiger partial charge on any atom is -0.345 e. The van der Waals surface area contributed by atoms with Crippen LogP contribution in [0.1, 0.15) is 12.8 Å². The van der Waals surface area contributed by atoms with Gasteiger partial charge in [0.1, 0.15) is 0 Å². The maximum Gasteiger partial charge on any atom is 0.315 e. The van der Waals surface area contributed by atoms with Crippen LogP contribution in [0.25, 0.3) is 0 Å². The van der Waals surface area contributed by atoms with Crippen LogP contribution >= 0.6 is 0 Å². The third kappa shape index (κ3) is 3.35. The molecule has 2 fully saturated rings. The average molecular weight is 254 g/mol. The van der Waals surface area contributed by atoms with Gasteiger partial charge in [0.05, 0.1) is 13.1 Å². The molecular weight excluding hydrogens is 236 g/mol. The number of rotatable bonds is 0. The van der Waals surface area contributed by atoms with Crippen LogP contribution in [-0.4, -0.2) is 55.5 Å². The van der Waals surface area contributed by atoms with E-state index in [1.54, 1.807) is 4.90 Å². The topological polar surface area (TPSA) is 90.5 Å². The molecule has 0 radical (unpaired) electrons. The normalized spacial score (nSPS) is 26.3. The van der Waals surface area contributed by atoms with Crippen LogP contribution in [0.3, 0.4) is 0 Å². The van der Waals surface area contributed by atoms with E-state index >= 15 is 0 Å². The number of nitrogens with zero attached hydrogens (tertiary/aromatic N) is 1. The lowest BCUT2D eigenvalue weighted by Crippen LogP contribution is -2.51. The van der Waals surface area contributed by atoms with Crippen LogP contribution in [0.15, 0.2) is 0 Å². The number of carbonyl (C=O) groups excluding carboxylic acids is 3. The van der Waals surface area contributed by atoms with Crippen molar-refractivity contribution in [1.82, 2.24) is 20.9 Å². The van der Waals surface area contributed by atoms with Gasteiger partial charge in [-0.1, -0.05) is 0 Å². The highest BCUT2D eigenvalue weighted by Crippen LogP contribution is 2.15. The number of piperidine rings is 1. The first kappa shape index (κ1) is 12.7. The Hall–Kier alpha value is -1.79. The van der Waals surface area contributed by atoms with Crippen molar-refractivity contribution in [1.29, 1.82) is 0 Å². The Bertz CT molecular complexity index is 358. The van der Waals surface area contributed by atoms with Gasteiger partial charge in [-0.25, -0.2) is 4.79 Å². The van der Waals surface area contributed by atoms with Crippen LogP contribution in [-0.2, 0) is 9.59 Å². The summed E-state index contributed by atoms with van der Waals surface area (Å²) in [6, 6.07) is -0.339. The fraction of sp³-hybridized carbons (Fsp3) is 0.727. The fourth-order valence-corrected chi connectivity index (χ4v) is 2.27. The molecule has 1 atom stereocenters. The molecule has 2 aliphatic rings. The second kappa shape index (κ2) is 5.70. The van der Waals surface area contributed by atoms with Crippen molar-refractivity contribution in [3.8, 4) is 0 Å². The van der Waals surface area contributed by atoms with Crippen LogP contribution in [0.4, 0.5) is 4.79 Å². The second-order valence-electron chi connectivity index (χ2n) is 4.69. The van der Waals surface area contributed by atoms with Crippen molar-refractivity contribution in [3.63, 3.8) is 0 Å². The fourth-order valence-electron chi connectivity index (χ4n) is 2.27. The first-order valence-corrected chi connectivity index (χ1v) is 6.21. The highest BCUT2D eigenvalue weighted by molar-refractivity contribution is 5.88. The molecule has 0 saturated carbocycles. The molecule has 2 rings (SSSR count). The minimum absolute atomic E-state index is 0.00878. The molecule has 0 aromatic rings. The number of urea groups is 1. The zero-order chi connectivity index (χ0) is 13.0. The molecule has 2 aliphatic heterocycles. The molecule has 7 heteroatoms. The van der Waals surface area contributed by atoms with Crippen LogP contribution in [0.5, 0.6) is 0 Å². The van der Waals surface area contributed by atoms with Gasteiger partial charge in [0.2, 0.25) is 11.8 Å². The van der Waals surface area contributed by atoms with Crippen molar-refractivity contribution < 1.29 is 14.4 Å². The molecule has 18 heavy (non-hydrogen) atoms. The first-order chi connectivity index (χ1) is 8.65. The Kier molecular flexibility index (Phi) is 4.01. The molecule has 0 aromatic heterocycles. The van der Waals surface area contributed by atoms with Gasteiger partial charge in [-0.15, -0.1) is 0 Å². The summed E-state index contributed by atoms with van der Waals surface area (Å²) < 4.78 is 0. The second-order valence-corrected chi connectivity index (χ2v) is 4.69. The summed E-state index contributed by atoms with van der Waals surface area (Å²) in [6.07, 6.45) is 1.95. The summed E-state index contributed by atoms with van der Waals surface area (Å²) >= 11 is 0. The predicted molar refractivity (Wildman–Crippen MR) is 63.7 cm³/mol. The van der Waals surface area contributed by atoms with Crippen LogP contribution in [0.2, 0.25) is 0 Å². The van der Waals surface area contributed by atoms with Gasteiger partial charge in [0, 0.05) is 19.6 Å².